The second-order valence-corrected chi connectivity index (χ2v) is 8.31. The molecule has 4 aromatic rings. The summed E-state index contributed by atoms with van der Waals surface area (Å²) >= 11 is 1.53. The molecule has 7 heteroatoms. The molecule has 6 nitrogen and oxygen atoms in total. The number of anilines is 1. The zero-order valence-electron chi connectivity index (χ0n) is 18.1. The van der Waals surface area contributed by atoms with Gasteiger partial charge < -0.3 is 10.1 Å². The molecule has 3 aromatic carbocycles. The molecule has 1 aromatic heterocycles. The highest BCUT2D eigenvalue weighted by Gasteiger charge is 2.17. The van der Waals surface area contributed by atoms with Crippen molar-refractivity contribution in [2.75, 3.05) is 18.5 Å². The van der Waals surface area contributed by atoms with Crippen LogP contribution in [0, 0.1) is 0 Å². The minimum absolute atomic E-state index is 0.0394. The molecule has 0 unspecified atom stereocenters. The molecule has 0 bridgehead atoms. The first kappa shape index (κ1) is 20.9. The largest absolute Gasteiger partial charge is 0.482 e. The highest BCUT2D eigenvalue weighted by Crippen LogP contribution is 2.33. The molecule has 5 rings (SSSR count). The first-order valence-electron chi connectivity index (χ1n) is 10.7. The Balaban J connectivity index is 1.48. The summed E-state index contributed by atoms with van der Waals surface area (Å²) in [5, 5.41) is 9.64. The van der Waals surface area contributed by atoms with Crippen LogP contribution in [0.1, 0.15) is 12.5 Å². The number of carbonyl (C=O) groups is 1. The smallest absolute Gasteiger partial charge is 0.262 e. The highest BCUT2D eigenvalue weighted by atomic mass is 32.1. The molecule has 1 amide bonds. The van der Waals surface area contributed by atoms with Crippen LogP contribution in [0.4, 0.5) is 5.69 Å². The van der Waals surface area contributed by atoms with Crippen LogP contribution in [0.5, 0.6) is 5.75 Å². The number of fused-ring (bicyclic) bond motifs is 1. The molecule has 0 radical (unpaired) electrons. The number of thiazole rings is 1. The second kappa shape index (κ2) is 9.26. The van der Waals surface area contributed by atoms with Crippen molar-refractivity contribution in [3.63, 3.8) is 0 Å². The van der Waals surface area contributed by atoms with Crippen molar-refractivity contribution in [3.05, 3.63) is 88.5 Å². The van der Waals surface area contributed by atoms with Gasteiger partial charge in [0.2, 0.25) is 4.80 Å². The number of carbonyl (C=O) groups excluding carboxylic acids is 1. The van der Waals surface area contributed by atoms with E-state index in [9.17, 15) is 4.79 Å². The van der Waals surface area contributed by atoms with E-state index in [2.05, 4.69) is 46.7 Å². The maximum absolute atomic E-state index is 11.7. The van der Waals surface area contributed by atoms with Crippen LogP contribution in [0.25, 0.3) is 22.4 Å². The number of amides is 1. The van der Waals surface area contributed by atoms with Crippen molar-refractivity contribution in [3.8, 4) is 28.1 Å². The third-order valence-corrected chi connectivity index (χ3v) is 6.08. The van der Waals surface area contributed by atoms with Gasteiger partial charge in [-0.2, -0.15) is 5.10 Å². The van der Waals surface area contributed by atoms with E-state index in [4.69, 9.17) is 9.84 Å². The Morgan fingerprint density at radius 1 is 1.03 bits per heavy atom. The molecule has 33 heavy (non-hydrogen) atoms. The number of nitrogens with one attached hydrogen (secondary N) is 1. The monoisotopic (exact) mass is 454 g/mol. The Labute approximate surface area is 195 Å². The topological polar surface area (TPSA) is 68.0 Å². The third kappa shape index (κ3) is 4.49. The molecular weight excluding hydrogens is 432 g/mol. The van der Waals surface area contributed by atoms with E-state index in [1.54, 1.807) is 0 Å². The number of hydrogen-bond donors (Lipinski definition) is 1. The zero-order valence-corrected chi connectivity index (χ0v) is 18.9. The molecule has 164 valence electrons. The van der Waals surface area contributed by atoms with Crippen molar-refractivity contribution in [2.24, 2.45) is 10.1 Å². The lowest BCUT2D eigenvalue weighted by atomic mass is 10.0. The van der Waals surface area contributed by atoms with Crippen molar-refractivity contribution < 1.29 is 9.53 Å². The fourth-order valence-electron chi connectivity index (χ4n) is 3.61. The minimum atomic E-state index is -0.156. The number of rotatable bonds is 5. The summed E-state index contributed by atoms with van der Waals surface area (Å²) in [6, 6.07) is 24.3. The fraction of sp³-hybridized carbons (Fsp3) is 0.115. The van der Waals surface area contributed by atoms with Crippen LogP contribution in [0.3, 0.4) is 0 Å². The minimum Gasteiger partial charge on any atom is -0.482 e. The molecule has 2 heterocycles. The first-order chi connectivity index (χ1) is 16.2. The van der Waals surface area contributed by atoms with Crippen molar-refractivity contribution >= 4 is 29.1 Å². The average molecular weight is 455 g/mol. The molecule has 0 atom stereocenters. The van der Waals surface area contributed by atoms with E-state index in [0.29, 0.717) is 18.0 Å². The number of benzene rings is 3. The number of ether oxygens (including phenoxy) is 1. The fourth-order valence-corrected chi connectivity index (χ4v) is 4.51. The molecule has 0 aliphatic carbocycles. The summed E-state index contributed by atoms with van der Waals surface area (Å²) in [4.78, 5) is 17.1. The van der Waals surface area contributed by atoms with E-state index in [-0.39, 0.29) is 12.5 Å². The Kier molecular flexibility index (Phi) is 5.87. The van der Waals surface area contributed by atoms with Crippen molar-refractivity contribution in [1.82, 2.24) is 4.68 Å². The number of hydrogen-bond acceptors (Lipinski definition) is 5. The van der Waals surface area contributed by atoms with Gasteiger partial charge in [-0.15, -0.1) is 11.3 Å². The maximum atomic E-state index is 11.7. The lowest BCUT2D eigenvalue weighted by Gasteiger charge is -2.18. The van der Waals surface area contributed by atoms with Gasteiger partial charge in [-0.3, -0.25) is 9.79 Å². The van der Waals surface area contributed by atoms with Crippen LogP contribution in [0.15, 0.2) is 88.3 Å². The molecule has 0 spiro atoms. The van der Waals surface area contributed by atoms with Gasteiger partial charge in [-0.1, -0.05) is 54.6 Å². The summed E-state index contributed by atoms with van der Waals surface area (Å²) in [6.45, 7) is 2.70. The van der Waals surface area contributed by atoms with Gasteiger partial charge in [0.1, 0.15) is 5.75 Å². The van der Waals surface area contributed by atoms with Crippen LogP contribution < -0.4 is 14.9 Å². The van der Waals surface area contributed by atoms with Gasteiger partial charge in [0, 0.05) is 17.5 Å². The normalized spacial score (nSPS) is 13.6. The molecule has 1 aliphatic heterocycles. The Bertz CT molecular complexity index is 1390. The molecule has 0 saturated carbocycles. The van der Waals surface area contributed by atoms with Crippen molar-refractivity contribution in [1.29, 1.82) is 0 Å². The Morgan fingerprint density at radius 2 is 1.79 bits per heavy atom. The van der Waals surface area contributed by atoms with Gasteiger partial charge in [0.05, 0.1) is 17.6 Å². The number of nitrogens with zero attached hydrogens (tertiary/aromatic N) is 3. The summed E-state index contributed by atoms with van der Waals surface area (Å²) in [7, 11) is 0. The number of aromatic nitrogens is 1. The molecule has 0 fully saturated rings. The standard InChI is InChI=1S/C26H22N4O2S/c1-2-27-26-30(28-15-18-8-10-20(11-9-18)19-6-4-3-5-7-19)23(17-33-26)21-12-13-24-22(14-21)29-25(31)16-32-24/h3-15,17H,2,16H2,1H3,(H,29,31). The van der Waals surface area contributed by atoms with E-state index in [0.717, 1.165) is 27.2 Å². The predicted molar refractivity (Wildman–Crippen MR) is 133 cm³/mol. The molecule has 1 aliphatic rings. The first-order valence-corrected chi connectivity index (χ1v) is 11.6. The third-order valence-electron chi connectivity index (χ3n) is 5.23. The summed E-state index contributed by atoms with van der Waals surface area (Å²) < 4.78 is 7.32. The van der Waals surface area contributed by atoms with Crippen LogP contribution in [-0.2, 0) is 4.79 Å². The molecule has 1 N–H and O–H groups in total. The van der Waals surface area contributed by atoms with Gasteiger partial charge in [-0.05, 0) is 41.8 Å². The quantitative estimate of drug-likeness (QED) is 0.431. The Hall–Kier alpha value is -3.97. The average Bonchev–Trinajstić information content (AvgIpc) is 3.26. The zero-order chi connectivity index (χ0) is 22.6. The lowest BCUT2D eigenvalue weighted by molar-refractivity contribution is -0.118. The summed E-state index contributed by atoms with van der Waals surface area (Å²) in [5.41, 5.74) is 5.82. The lowest BCUT2D eigenvalue weighted by Crippen LogP contribution is -2.25. The molecule has 0 saturated heterocycles. The summed E-state index contributed by atoms with van der Waals surface area (Å²) in [6.07, 6.45) is 1.84. The Morgan fingerprint density at radius 3 is 2.58 bits per heavy atom. The predicted octanol–water partition coefficient (Wildman–Crippen LogP) is 5.02. The summed E-state index contributed by atoms with van der Waals surface area (Å²) in [5.74, 6) is 0.511. The van der Waals surface area contributed by atoms with E-state index < -0.39 is 0 Å². The van der Waals surface area contributed by atoms with Crippen LogP contribution in [0.2, 0.25) is 0 Å². The van der Waals surface area contributed by atoms with Crippen LogP contribution >= 0.6 is 11.3 Å². The highest BCUT2D eigenvalue weighted by molar-refractivity contribution is 7.07. The van der Waals surface area contributed by atoms with Crippen molar-refractivity contribution in [2.45, 2.75) is 6.92 Å². The molecular formula is C26H22N4O2S. The van der Waals surface area contributed by atoms with E-state index >= 15 is 0 Å². The van der Waals surface area contributed by atoms with Crippen LogP contribution in [-0.4, -0.2) is 29.9 Å². The SMILES string of the molecule is CCN=c1scc(-c2ccc3c(c2)NC(=O)CO3)n1N=Cc1ccc(-c2ccccc2)cc1. The van der Waals surface area contributed by atoms with Gasteiger partial charge >= 0.3 is 0 Å². The van der Waals surface area contributed by atoms with Gasteiger partial charge in [-0.25, -0.2) is 4.68 Å². The van der Waals surface area contributed by atoms with E-state index in [1.165, 1.54) is 16.9 Å². The maximum Gasteiger partial charge on any atom is 0.262 e. The van der Waals surface area contributed by atoms with E-state index in [1.807, 2.05) is 59.6 Å². The second-order valence-electron chi connectivity index (χ2n) is 7.47. The van der Waals surface area contributed by atoms with Gasteiger partial charge in [0.25, 0.3) is 5.91 Å². The van der Waals surface area contributed by atoms with Gasteiger partial charge in [0.15, 0.2) is 6.61 Å².